The molecule has 0 unspecified atom stereocenters. The van der Waals surface area contributed by atoms with Crippen LogP contribution in [0, 0.1) is 0 Å². The molecule has 0 radical (unpaired) electrons. The molecule has 7 nitrogen and oxygen atoms in total. The number of rotatable bonds is 10. The van der Waals surface area contributed by atoms with Gasteiger partial charge in [0.15, 0.2) is 0 Å². The van der Waals surface area contributed by atoms with Gasteiger partial charge in [0.1, 0.15) is 0 Å². The lowest BCUT2D eigenvalue weighted by atomic mass is 10.2. The summed E-state index contributed by atoms with van der Waals surface area (Å²) in [5.41, 5.74) is 1.55. The largest absolute Gasteiger partial charge is 0.326 e. The average Bonchev–Trinajstić information content (AvgIpc) is 2.74. The monoisotopic (exact) mass is 431 g/mol. The molecular formula is C22H29N3O4S. The minimum absolute atomic E-state index is 0.0984. The van der Waals surface area contributed by atoms with E-state index in [1.165, 1.54) is 16.4 Å². The van der Waals surface area contributed by atoms with Crippen molar-refractivity contribution in [3.05, 3.63) is 54.1 Å². The van der Waals surface area contributed by atoms with Crippen LogP contribution in [0.1, 0.15) is 50.4 Å². The van der Waals surface area contributed by atoms with Gasteiger partial charge in [-0.2, -0.15) is 4.31 Å². The van der Waals surface area contributed by atoms with Crippen molar-refractivity contribution in [1.29, 1.82) is 0 Å². The van der Waals surface area contributed by atoms with Gasteiger partial charge in [-0.15, -0.1) is 0 Å². The predicted molar refractivity (Wildman–Crippen MR) is 119 cm³/mol. The zero-order valence-electron chi connectivity index (χ0n) is 17.6. The van der Waals surface area contributed by atoms with Crippen LogP contribution < -0.4 is 10.6 Å². The summed E-state index contributed by atoms with van der Waals surface area (Å²) >= 11 is 0. The first-order valence-corrected chi connectivity index (χ1v) is 11.6. The van der Waals surface area contributed by atoms with Crippen molar-refractivity contribution in [1.82, 2.24) is 4.31 Å². The predicted octanol–water partition coefficient (Wildman–Crippen LogP) is 4.10. The molecular weight excluding hydrogens is 402 g/mol. The summed E-state index contributed by atoms with van der Waals surface area (Å²) in [5.74, 6) is -0.420. The van der Waals surface area contributed by atoms with Crippen molar-refractivity contribution < 1.29 is 18.0 Å². The van der Waals surface area contributed by atoms with Crippen LogP contribution in [0.4, 0.5) is 11.4 Å². The summed E-state index contributed by atoms with van der Waals surface area (Å²) < 4.78 is 27.1. The number of benzene rings is 2. The quantitative estimate of drug-likeness (QED) is 0.592. The van der Waals surface area contributed by atoms with Gasteiger partial charge < -0.3 is 10.6 Å². The lowest BCUT2D eigenvalue weighted by Gasteiger charge is -2.21. The lowest BCUT2D eigenvalue weighted by molar-refractivity contribution is -0.115. The lowest BCUT2D eigenvalue weighted by Crippen LogP contribution is -2.32. The number of nitrogens with zero attached hydrogens (tertiary/aromatic N) is 1. The van der Waals surface area contributed by atoms with E-state index in [0.29, 0.717) is 36.4 Å². The minimum Gasteiger partial charge on any atom is -0.326 e. The molecule has 0 aliphatic carbocycles. The third kappa shape index (κ3) is 6.14. The number of amides is 2. The van der Waals surface area contributed by atoms with Gasteiger partial charge in [-0.05, 0) is 61.4 Å². The number of nitrogens with one attached hydrogen (secondary N) is 2. The molecule has 0 aliphatic heterocycles. The van der Waals surface area contributed by atoms with E-state index in [1.54, 1.807) is 43.3 Å². The van der Waals surface area contributed by atoms with Crippen molar-refractivity contribution in [3.63, 3.8) is 0 Å². The van der Waals surface area contributed by atoms with Crippen LogP contribution in [0.15, 0.2) is 53.4 Å². The maximum absolute atomic E-state index is 12.8. The Bertz CT molecular complexity index is 949. The maximum Gasteiger partial charge on any atom is 0.255 e. The second-order valence-corrected chi connectivity index (χ2v) is 8.80. The second kappa shape index (κ2) is 10.9. The molecule has 2 rings (SSSR count). The van der Waals surface area contributed by atoms with Gasteiger partial charge >= 0.3 is 0 Å². The Balaban J connectivity index is 2.08. The fourth-order valence-electron chi connectivity index (χ4n) is 2.87. The van der Waals surface area contributed by atoms with E-state index in [9.17, 15) is 18.0 Å². The number of hydrogen-bond donors (Lipinski definition) is 2. The van der Waals surface area contributed by atoms with Crippen molar-refractivity contribution in [3.8, 4) is 0 Å². The Morgan fingerprint density at radius 1 is 0.800 bits per heavy atom. The SMILES string of the molecule is CCCN(CCC)S(=O)(=O)c1ccc(NC(=O)c2ccc(NC(=O)CC)cc2)cc1. The van der Waals surface area contributed by atoms with Crippen LogP contribution in [0.5, 0.6) is 0 Å². The van der Waals surface area contributed by atoms with E-state index in [1.807, 2.05) is 13.8 Å². The first-order valence-electron chi connectivity index (χ1n) is 10.1. The fourth-order valence-corrected chi connectivity index (χ4v) is 4.49. The Labute approximate surface area is 178 Å². The highest BCUT2D eigenvalue weighted by molar-refractivity contribution is 7.89. The smallest absolute Gasteiger partial charge is 0.255 e. The number of hydrogen-bond acceptors (Lipinski definition) is 4. The molecule has 0 fully saturated rings. The molecule has 0 spiro atoms. The second-order valence-electron chi connectivity index (χ2n) is 6.86. The van der Waals surface area contributed by atoms with Crippen molar-refractivity contribution in [2.75, 3.05) is 23.7 Å². The van der Waals surface area contributed by atoms with Crippen LogP contribution in [0.2, 0.25) is 0 Å². The summed E-state index contributed by atoms with van der Waals surface area (Å²) in [6, 6.07) is 12.7. The summed E-state index contributed by atoms with van der Waals surface area (Å²) in [4.78, 5) is 24.1. The molecule has 0 saturated carbocycles. The van der Waals surface area contributed by atoms with Gasteiger partial charge in [-0.3, -0.25) is 9.59 Å². The molecule has 162 valence electrons. The molecule has 2 aromatic rings. The number of carbonyl (C=O) groups is 2. The van der Waals surface area contributed by atoms with Crippen molar-refractivity contribution >= 4 is 33.2 Å². The average molecular weight is 432 g/mol. The first-order chi connectivity index (χ1) is 14.3. The van der Waals surface area contributed by atoms with Crippen molar-refractivity contribution in [2.45, 2.75) is 44.9 Å². The zero-order chi connectivity index (χ0) is 22.1. The molecule has 2 N–H and O–H groups in total. The van der Waals surface area contributed by atoms with Crippen molar-refractivity contribution in [2.24, 2.45) is 0 Å². The van der Waals surface area contributed by atoms with Gasteiger partial charge in [-0.25, -0.2) is 8.42 Å². The summed E-state index contributed by atoms with van der Waals surface area (Å²) in [7, 11) is -3.55. The van der Waals surface area contributed by atoms with E-state index in [4.69, 9.17) is 0 Å². The van der Waals surface area contributed by atoms with Gasteiger partial charge in [0.2, 0.25) is 15.9 Å². The summed E-state index contributed by atoms with van der Waals surface area (Å²) in [5, 5.41) is 5.48. The molecule has 0 atom stereocenters. The van der Waals surface area contributed by atoms with E-state index in [-0.39, 0.29) is 16.7 Å². The molecule has 8 heteroatoms. The Hall–Kier alpha value is -2.71. The number of carbonyl (C=O) groups excluding carboxylic acids is 2. The van der Waals surface area contributed by atoms with Gasteiger partial charge in [0.05, 0.1) is 4.90 Å². The first kappa shape index (κ1) is 23.6. The highest BCUT2D eigenvalue weighted by atomic mass is 32.2. The zero-order valence-corrected chi connectivity index (χ0v) is 18.5. The van der Waals surface area contributed by atoms with Crippen LogP contribution >= 0.6 is 0 Å². The summed E-state index contributed by atoms with van der Waals surface area (Å²) in [6.45, 7) is 6.60. The van der Waals surface area contributed by atoms with Gasteiger partial charge in [-0.1, -0.05) is 20.8 Å². The normalized spacial score (nSPS) is 11.3. The fraction of sp³-hybridized carbons (Fsp3) is 0.364. The third-order valence-corrected chi connectivity index (χ3v) is 6.36. The molecule has 0 saturated heterocycles. The molecule has 0 bridgehead atoms. The molecule has 0 aliphatic rings. The van der Waals surface area contributed by atoms with Crippen LogP contribution in [0.3, 0.4) is 0 Å². The summed E-state index contributed by atoms with van der Waals surface area (Å²) in [6.07, 6.45) is 1.87. The van der Waals surface area contributed by atoms with E-state index in [2.05, 4.69) is 10.6 Å². The Kier molecular flexibility index (Phi) is 8.56. The molecule has 2 aromatic carbocycles. The highest BCUT2D eigenvalue weighted by Crippen LogP contribution is 2.20. The van der Waals surface area contributed by atoms with E-state index < -0.39 is 10.0 Å². The van der Waals surface area contributed by atoms with Crippen LogP contribution in [-0.4, -0.2) is 37.6 Å². The Morgan fingerprint density at radius 3 is 1.80 bits per heavy atom. The number of anilines is 2. The highest BCUT2D eigenvalue weighted by Gasteiger charge is 2.22. The topological polar surface area (TPSA) is 95.6 Å². The maximum atomic E-state index is 12.8. The molecule has 0 heterocycles. The molecule has 30 heavy (non-hydrogen) atoms. The Morgan fingerprint density at radius 2 is 1.30 bits per heavy atom. The van der Waals surface area contributed by atoms with Gasteiger partial charge in [0.25, 0.3) is 5.91 Å². The standard InChI is InChI=1S/C22H29N3O4S/c1-4-15-25(16-5-2)30(28,29)20-13-11-19(12-14-20)24-22(27)17-7-9-18(10-8-17)23-21(26)6-3/h7-14H,4-6,15-16H2,1-3H3,(H,23,26)(H,24,27). The van der Waals surface area contributed by atoms with Gasteiger partial charge in [0, 0.05) is 36.4 Å². The van der Waals surface area contributed by atoms with E-state index >= 15 is 0 Å². The van der Waals surface area contributed by atoms with Crippen LogP contribution in [0.25, 0.3) is 0 Å². The number of sulfonamides is 1. The minimum atomic E-state index is -3.55. The molecule has 0 aromatic heterocycles. The molecule has 2 amide bonds. The van der Waals surface area contributed by atoms with Crippen LogP contribution in [-0.2, 0) is 14.8 Å². The third-order valence-electron chi connectivity index (χ3n) is 4.45. The van der Waals surface area contributed by atoms with E-state index in [0.717, 1.165) is 12.8 Å².